The summed E-state index contributed by atoms with van der Waals surface area (Å²) < 4.78 is 20.1. The molecule has 1 N–H and O–H groups in total. The average molecular weight is 333 g/mol. The minimum Gasteiger partial charge on any atom is -0.484 e. The van der Waals surface area contributed by atoms with Crippen molar-refractivity contribution in [3.63, 3.8) is 0 Å². The minimum absolute atomic E-state index is 0.00623. The van der Waals surface area contributed by atoms with Crippen LogP contribution in [0.5, 0.6) is 5.75 Å². The van der Waals surface area contributed by atoms with Crippen molar-refractivity contribution in [3.05, 3.63) is 53.6 Å². The third-order valence-corrected chi connectivity index (χ3v) is 3.47. The number of aromatic nitrogens is 4. The molecule has 0 radical (unpaired) electrons. The number of hydrogen-bond donors (Lipinski definition) is 1. The van der Waals surface area contributed by atoms with Crippen molar-refractivity contribution >= 4 is 22.4 Å². The van der Waals surface area contributed by atoms with Crippen LogP contribution in [0.1, 0.15) is 5.69 Å². The summed E-state index contributed by atoms with van der Waals surface area (Å²) in [5.74, 6) is -0.558. The lowest BCUT2D eigenvalue weighted by molar-refractivity contribution is -0.116. The van der Waals surface area contributed by atoms with Crippen molar-refractivity contribution < 1.29 is 13.9 Å². The molecule has 0 atom stereocenters. The number of amides is 1. The van der Waals surface area contributed by atoms with E-state index in [1.54, 1.807) is 29.9 Å². The Bertz CT molecular complexity index is 790. The van der Waals surface area contributed by atoms with Crippen LogP contribution in [0.25, 0.3) is 0 Å². The number of benzene rings is 1. The zero-order valence-corrected chi connectivity index (χ0v) is 12.7. The summed E-state index contributed by atoms with van der Waals surface area (Å²) in [5.41, 5.74) is 0.496. The number of carbonyl (C=O) groups is 1. The van der Waals surface area contributed by atoms with Gasteiger partial charge in [-0.25, -0.2) is 14.1 Å². The highest BCUT2D eigenvalue weighted by Gasteiger charge is 2.09. The molecule has 0 saturated heterocycles. The standard InChI is InChI=1S/C14H12FN5O2S/c15-11-3-1-2-4-12(11)22-9-10-7-20(19-18-10)8-13(21)17-14-16-5-6-23-14/h1-7H,8-9H2,(H,16,17,21). The maximum absolute atomic E-state index is 13.4. The van der Waals surface area contributed by atoms with E-state index in [0.717, 1.165) is 0 Å². The van der Waals surface area contributed by atoms with E-state index in [9.17, 15) is 9.18 Å². The van der Waals surface area contributed by atoms with Gasteiger partial charge in [0.05, 0.1) is 6.20 Å². The Morgan fingerprint density at radius 2 is 2.26 bits per heavy atom. The highest BCUT2D eigenvalue weighted by atomic mass is 32.1. The molecule has 7 nitrogen and oxygen atoms in total. The van der Waals surface area contributed by atoms with E-state index < -0.39 is 5.82 Å². The Hall–Kier alpha value is -2.81. The topological polar surface area (TPSA) is 81.9 Å². The number of anilines is 1. The van der Waals surface area contributed by atoms with Gasteiger partial charge in [0, 0.05) is 11.6 Å². The number of halogens is 1. The molecule has 0 saturated carbocycles. The number of hydrogen-bond acceptors (Lipinski definition) is 6. The van der Waals surface area contributed by atoms with Gasteiger partial charge in [0.1, 0.15) is 18.8 Å². The van der Waals surface area contributed by atoms with Crippen molar-refractivity contribution in [2.24, 2.45) is 0 Å². The molecule has 0 aliphatic carbocycles. The quantitative estimate of drug-likeness (QED) is 0.747. The molecule has 9 heteroatoms. The van der Waals surface area contributed by atoms with Gasteiger partial charge in [-0.05, 0) is 12.1 Å². The van der Waals surface area contributed by atoms with Gasteiger partial charge in [0.2, 0.25) is 5.91 Å². The van der Waals surface area contributed by atoms with Gasteiger partial charge in [-0.3, -0.25) is 4.79 Å². The predicted octanol–water partition coefficient (Wildman–Crippen LogP) is 2.09. The van der Waals surface area contributed by atoms with Crippen LogP contribution in [0.15, 0.2) is 42.0 Å². The van der Waals surface area contributed by atoms with Crippen molar-refractivity contribution in [3.8, 4) is 5.75 Å². The zero-order valence-electron chi connectivity index (χ0n) is 11.8. The third kappa shape index (κ3) is 4.10. The van der Waals surface area contributed by atoms with Crippen molar-refractivity contribution in [2.75, 3.05) is 5.32 Å². The van der Waals surface area contributed by atoms with Crippen molar-refractivity contribution in [2.45, 2.75) is 13.2 Å². The SMILES string of the molecule is O=C(Cn1cc(COc2ccccc2F)nn1)Nc1nccs1. The lowest BCUT2D eigenvalue weighted by atomic mass is 10.3. The fourth-order valence-corrected chi connectivity index (χ4v) is 2.33. The molecule has 0 unspecified atom stereocenters. The van der Waals surface area contributed by atoms with E-state index in [1.807, 2.05) is 0 Å². The Labute approximate surface area is 134 Å². The molecular formula is C14H12FN5O2S. The molecule has 0 aliphatic heterocycles. The van der Waals surface area contributed by atoms with Gasteiger partial charge in [0.25, 0.3) is 0 Å². The van der Waals surface area contributed by atoms with Gasteiger partial charge in [-0.15, -0.1) is 16.4 Å². The molecule has 118 valence electrons. The fourth-order valence-electron chi connectivity index (χ4n) is 1.79. The van der Waals surface area contributed by atoms with Crippen LogP contribution in [0.2, 0.25) is 0 Å². The second kappa shape index (κ2) is 6.97. The fraction of sp³-hybridized carbons (Fsp3) is 0.143. The molecule has 1 amide bonds. The Morgan fingerprint density at radius 1 is 1.39 bits per heavy atom. The summed E-state index contributed by atoms with van der Waals surface area (Å²) in [6.07, 6.45) is 3.18. The zero-order chi connectivity index (χ0) is 16.1. The van der Waals surface area contributed by atoms with Crippen LogP contribution in [-0.4, -0.2) is 25.9 Å². The number of thiazole rings is 1. The van der Waals surface area contributed by atoms with Gasteiger partial charge < -0.3 is 10.1 Å². The van der Waals surface area contributed by atoms with E-state index in [-0.39, 0.29) is 24.8 Å². The third-order valence-electron chi connectivity index (χ3n) is 2.78. The molecule has 0 bridgehead atoms. The second-order valence-electron chi connectivity index (χ2n) is 4.51. The summed E-state index contributed by atoms with van der Waals surface area (Å²) in [6, 6.07) is 6.11. The van der Waals surface area contributed by atoms with Gasteiger partial charge >= 0.3 is 0 Å². The van der Waals surface area contributed by atoms with Gasteiger partial charge in [0.15, 0.2) is 16.7 Å². The summed E-state index contributed by atoms with van der Waals surface area (Å²) in [6.45, 7) is 0.0707. The second-order valence-corrected chi connectivity index (χ2v) is 5.41. The van der Waals surface area contributed by atoms with Crippen molar-refractivity contribution in [1.29, 1.82) is 0 Å². The summed E-state index contributed by atoms with van der Waals surface area (Å²) >= 11 is 1.33. The average Bonchev–Trinajstić information content (AvgIpc) is 3.18. The first-order valence-corrected chi connectivity index (χ1v) is 7.54. The first-order valence-electron chi connectivity index (χ1n) is 6.66. The van der Waals surface area contributed by atoms with Crippen LogP contribution in [0.3, 0.4) is 0 Å². The number of rotatable bonds is 6. The number of carbonyl (C=O) groups excluding carboxylic acids is 1. The Balaban J connectivity index is 1.53. The molecular weight excluding hydrogens is 321 g/mol. The normalized spacial score (nSPS) is 10.5. The molecule has 0 fully saturated rings. The number of nitrogens with one attached hydrogen (secondary N) is 1. The van der Waals surface area contributed by atoms with Crippen LogP contribution >= 0.6 is 11.3 Å². The predicted molar refractivity (Wildman–Crippen MR) is 81.5 cm³/mol. The summed E-state index contributed by atoms with van der Waals surface area (Å²) in [5, 5.41) is 12.7. The molecule has 2 heterocycles. The lowest BCUT2D eigenvalue weighted by Crippen LogP contribution is -2.19. The maximum atomic E-state index is 13.4. The van der Waals surface area contributed by atoms with E-state index in [0.29, 0.717) is 10.8 Å². The number of ether oxygens (including phenoxy) is 1. The van der Waals surface area contributed by atoms with Gasteiger partial charge in [-0.1, -0.05) is 17.3 Å². The first-order chi connectivity index (χ1) is 11.2. The van der Waals surface area contributed by atoms with Crippen molar-refractivity contribution in [1.82, 2.24) is 20.0 Å². The Morgan fingerprint density at radius 3 is 3.04 bits per heavy atom. The smallest absolute Gasteiger partial charge is 0.247 e. The molecule has 1 aromatic carbocycles. The van der Waals surface area contributed by atoms with Crippen LogP contribution in [0.4, 0.5) is 9.52 Å². The maximum Gasteiger partial charge on any atom is 0.247 e. The van der Waals surface area contributed by atoms with Crippen LogP contribution in [-0.2, 0) is 17.9 Å². The van der Waals surface area contributed by atoms with E-state index in [1.165, 1.54) is 28.2 Å². The lowest BCUT2D eigenvalue weighted by Gasteiger charge is -2.04. The summed E-state index contributed by atoms with van der Waals surface area (Å²) in [4.78, 5) is 15.8. The summed E-state index contributed by atoms with van der Waals surface area (Å²) in [7, 11) is 0. The van der Waals surface area contributed by atoms with E-state index in [2.05, 4.69) is 20.6 Å². The molecule has 0 aliphatic rings. The van der Waals surface area contributed by atoms with E-state index in [4.69, 9.17) is 4.74 Å². The van der Waals surface area contributed by atoms with Crippen LogP contribution < -0.4 is 10.1 Å². The first kappa shape index (κ1) is 15.1. The Kier molecular flexibility index (Phi) is 4.57. The monoisotopic (exact) mass is 333 g/mol. The largest absolute Gasteiger partial charge is 0.484 e. The molecule has 3 rings (SSSR count). The molecule has 0 spiro atoms. The van der Waals surface area contributed by atoms with Gasteiger partial charge in [-0.2, -0.15) is 0 Å². The molecule has 23 heavy (non-hydrogen) atoms. The highest BCUT2D eigenvalue weighted by Crippen LogP contribution is 2.16. The number of nitrogens with zero attached hydrogens (tertiary/aromatic N) is 4. The van der Waals surface area contributed by atoms with E-state index >= 15 is 0 Å². The molecule has 2 aromatic heterocycles. The van der Waals surface area contributed by atoms with Crippen LogP contribution in [0, 0.1) is 5.82 Å². The number of para-hydroxylation sites is 1. The molecule has 3 aromatic rings. The minimum atomic E-state index is -0.442. The highest BCUT2D eigenvalue weighted by molar-refractivity contribution is 7.13.